The van der Waals surface area contributed by atoms with Crippen LogP contribution in [0.2, 0.25) is 0 Å². The standard InChI is InChI=1S/C17H37NS.H3N/c1-5-9-13-19(17-18,14-10-6-2,15-11-7-3)16-12-8-4;/h19H,5-16H2,1-4H3;1H3. The van der Waals surface area contributed by atoms with E-state index >= 15 is 0 Å². The Hall–Kier alpha value is -0.200. The Morgan fingerprint density at radius 2 is 0.900 bits per heavy atom. The van der Waals surface area contributed by atoms with Gasteiger partial charge >= 0.3 is 0 Å². The number of hydrogen-bond acceptors (Lipinski definition) is 2. The molecule has 0 fully saturated rings. The van der Waals surface area contributed by atoms with Gasteiger partial charge in [0.1, 0.15) is 0 Å². The highest BCUT2D eigenvalue weighted by Crippen LogP contribution is 2.70. The van der Waals surface area contributed by atoms with Crippen LogP contribution in [0.3, 0.4) is 0 Å². The molecule has 124 valence electrons. The van der Waals surface area contributed by atoms with Crippen LogP contribution in [0, 0.1) is 10.7 Å². The van der Waals surface area contributed by atoms with Gasteiger partial charge in [-0.15, -0.1) is 0 Å². The number of thiol groups is 1. The van der Waals surface area contributed by atoms with Crippen molar-refractivity contribution in [3.63, 3.8) is 0 Å². The molecule has 20 heavy (non-hydrogen) atoms. The fourth-order valence-corrected chi connectivity index (χ4v) is 9.48. The summed E-state index contributed by atoms with van der Waals surface area (Å²) in [7, 11) is -2.08. The van der Waals surface area contributed by atoms with E-state index in [0.717, 1.165) is 0 Å². The summed E-state index contributed by atoms with van der Waals surface area (Å²) in [6.07, 6.45) is 10.0. The molecule has 2 nitrogen and oxygen atoms in total. The summed E-state index contributed by atoms with van der Waals surface area (Å²) < 4.78 is 0. The zero-order valence-corrected chi connectivity index (χ0v) is 15.5. The summed E-state index contributed by atoms with van der Waals surface area (Å²) in [5, 5.41) is 13.1. The van der Waals surface area contributed by atoms with Crippen LogP contribution in [-0.2, 0) is 0 Å². The molecular weight excluding hydrogens is 264 g/mol. The van der Waals surface area contributed by atoms with Gasteiger partial charge in [-0.05, 0) is 48.7 Å². The van der Waals surface area contributed by atoms with Crippen molar-refractivity contribution in [2.45, 2.75) is 79.1 Å². The van der Waals surface area contributed by atoms with Gasteiger partial charge in [0.25, 0.3) is 0 Å². The number of unbranched alkanes of at least 4 members (excludes halogenated alkanes) is 4. The topological polar surface area (TPSA) is 58.8 Å². The van der Waals surface area contributed by atoms with Crippen molar-refractivity contribution in [2.75, 3.05) is 23.0 Å². The smallest absolute Gasteiger partial charge is 0.0962 e. The molecule has 0 spiro atoms. The predicted octanol–water partition coefficient (Wildman–Crippen LogP) is 5.90. The fourth-order valence-electron chi connectivity index (χ4n) is 3.16. The summed E-state index contributed by atoms with van der Waals surface area (Å²) in [5.41, 5.74) is 0. The first-order valence-corrected chi connectivity index (χ1v) is 11.5. The third-order valence-corrected chi connectivity index (χ3v) is 11.2. The average Bonchev–Trinajstić information content (AvgIpc) is 2.47. The summed E-state index contributed by atoms with van der Waals surface area (Å²) >= 11 is 0. The Morgan fingerprint density at radius 3 is 1.05 bits per heavy atom. The lowest BCUT2D eigenvalue weighted by atomic mass is 10.4. The molecule has 0 rings (SSSR count). The minimum atomic E-state index is -2.08. The third kappa shape index (κ3) is 6.50. The van der Waals surface area contributed by atoms with Gasteiger partial charge in [0.15, 0.2) is 0 Å². The summed E-state index contributed by atoms with van der Waals surface area (Å²) in [6, 6.07) is 0. The van der Waals surface area contributed by atoms with Gasteiger partial charge < -0.3 is 6.15 Å². The van der Waals surface area contributed by atoms with E-state index < -0.39 is 9.16 Å². The molecule has 0 aromatic rings. The number of rotatable bonds is 12. The van der Waals surface area contributed by atoms with Crippen LogP contribution in [-0.4, -0.2) is 23.0 Å². The molecule has 0 heterocycles. The lowest BCUT2D eigenvalue weighted by Crippen LogP contribution is -2.31. The summed E-state index contributed by atoms with van der Waals surface area (Å²) in [6.45, 7) is 9.06. The van der Waals surface area contributed by atoms with Crippen molar-refractivity contribution in [3.8, 4) is 5.40 Å². The second-order valence-electron chi connectivity index (χ2n) is 6.38. The maximum Gasteiger partial charge on any atom is 0.0962 e. The third-order valence-electron chi connectivity index (χ3n) is 4.67. The van der Waals surface area contributed by atoms with E-state index in [4.69, 9.17) is 0 Å². The molecule has 0 unspecified atom stereocenters. The maximum absolute atomic E-state index is 10.1. The average molecular weight is 305 g/mol. The highest BCUT2D eigenvalue weighted by molar-refractivity contribution is 8.52. The van der Waals surface area contributed by atoms with E-state index in [1.807, 2.05) is 0 Å². The molecule has 3 heteroatoms. The molecule has 0 aliphatic carbocycles. The van der Waals surface area contributed by atoms with Crippen LogP contribution in [0.5, 0.6) is 0 Å². The molecule has 0 aromatic heterocycles. The van der Waals surface area contributed by atoms with Gasteiger partial charge in [0.2, 0.25) is 0 Å². The van der Waals surface area contributed by atoms with Crippen LogP contribution >= 0.6 is 9.16 Å². The van der Waals surface area contributed by atoms with Gasteiger partial charge in [0, 0.05) is 0 Å². The Bertz CT molecular complexity index is 227. The zero-order valence-electron chi connectivity index (χ0n) is 14.6. The molecule has 3 N–H and O–H groups in total. The minimum absolute atomic E-state index is 0. The van der Waals surface area contributed by atoms with Crippen LogP contribution in [0.15, 0.2) is 0 Å². The Labute approximate surface area is 128 Å². The number of nitriles is 1. The minimum Gasteiger partial charge on any atom is -0.344 e. The van der Waals surface area contributed by atoms with Crippen molar-refractivity contribution in [2.24, 2.45) is 0 Å². The highest BCUT2D eigenvalue weighted by atomic mass is 32.3. The first kappa shape index (κ1) is 22.1. The summed E-state index contributed by atoms with van der Waals surface area (Å²) in [4.78, 5) is 0. The molecule has 0 saturated carbocycles. The molecule has 0 aromatic carbocycles. The van der Waals surface area contributed by atoms with Crippen molar-refractivity contribution >= 4 is 9.16 Å². The lowest BCUT2D eigenvalue weighted by molar-refractivity contribution is 0.821. The second kappa shape index (κ2) is 11.5. The number of hydrogen-bond donors (Lipinski definition) is 2. The number of thiocyanates is 1. The molecule has 0 atom stereocenters. The molecular formula is C17H40N2S. The molecule has 0 bridgehead atoms. The number of nitrogens with zero attached hydrogens (tertiary/aromatic N) is 1. The van der Waals surface area contributed by atoms with Gasteiger partial charge in [-0.25, -0.2) is 9.16 Å². The normalized spacial score (nSPS) is 13.1. The molecule has 0 aliphatic rings. The van der Waals surface area contributed by atoms with E-state index in [-0.39, 0.29) is 6.15 Å². The van der Waals surface area contributed by atoms with Gasteiger partial charge in [0.05, 0.1) is 5.40 Å². The van der Waals surface area contributed by atoms with E-state index in [1.165, 1.54) is 74.4 Å². The van der Waals surface area contributed by atoms with Gasteiger partial charge in [-0.3, -0.25) is 0 Å². The van der Waals surface area contributed by atoms with Crippen LogP contribution in [0.1, 0.15) is 79.1 Å². The van der Waals surface area contributed by atoms with Crippen molar-refractivity contribution in [1.29, 1.82) is 5.26 Å². The monoisotopic (exact) mass is 304 g/mol. The molecule has 0 amide bonds. The molecule has 0 radical (unpaired) electrons. The SMILES string of the molecule is CCCC[SH](C#N)(CCCC)(CCCC)CCCC.N. The Morgan fingerprint density at radius 1 is 0.650 bits per heavy atom. The Balaban J connectivity index is 0. The van der Waals surface area contributed by atoms with Crippen LogP contribution in [0.4, 0.5) is 0 Å². The highest BCUT2D eigenvalue weighted by Gasteiger charge is 2.38. The summed E-state index contributed by atoms with van der Waals surface area (Å²) in [5.74, 6) is 4.99. The van der Waals surface area contributed by atoms with E-state index in [1.54, 1.807) is 0 Å². The first-order valence-electron chi connectivity index (χ1n) is 8.54. The zero-order chi connectivity index (χ0) is 14.6. The van der Waals surface area contributed by atoms with E-state index in [9.17, 15) is 5.26 Å². The predicted molar refractivity (Wildman–Crippen MR) is 98.7 cm³/mol. The first-order chi connectivity index (χ1) is 9.12. The molecule has 0 saturated heterocycles. The van der Waals surface area contributed by atoms with Gasteiger partial charge in [-0.2, -0.15) is 5.26 Å². The van der Waals surface area contributed by atoms with Crippen LogP contribution < -0.4 is 6.15 Å². The largest absolute Gasteiger partial charge is 0.344 e. The quantitative estimate of drug-likeness (QED) is 0.348. The van der Waals surface area contributed by atoms with Crippen molar-refractivity contribution in [3.05, 3.63) is 0 Å². The van der Waals surface area contributed by atoms with Crippen molar-refractivity contribution in [1.82, 2.24) is 6.15 Å². The van der Waals surface area contributed by atoms with Gasteiger partial charge in [-0.1, -0.05) is 53.4 Å². The van der Waals surface area contributed by atoms with Crippen molar-refractivity contribution < 1.29 is 0 Å². The maximum atomic E-state index is 10.1. The fraction of sp³-hybridized carbons (Fsp3) is 0.941. The van der Waals surface area contributed by atoms with Crippen LogP contribution in [0.25, 0.3) is 0 Å². The Kier molecular flexibility index (Phi) is 12.7. The molecule has 0 aliphatic heterocycles. The van der Waals surface area contributed by atoms with E-state index in [0.29, 0.717) is 0 Å². The van der Waals surface area contributed by atoms with E-state index in [2.05, 4.69) is 33.1 Å². The lowest BCUT2D eigenvalue weighted by Gasteiger charge is -2.56. The second-order valence-corrected chi connectivity index (χ2v) is 12.3.